The third kappa shape index (κ3) is 4.20. The lowest BCUT2D eigenvalue weighted by Gasteiger charge is -2.20. The molecule has 1 aromatic heterocycles. The van der Waals surface area contributed by atoms with E-state index in [0.29, 0.717) is 18.2 Å². The molecule has 118 valence electrons. The highest BCUT2D eigenvalue weighted by Crippen LogP contribution is 2.14. The lowest BCUT2D eigenvalue weighted by Crippen LogP contribution is -2.36. The lowest BCUT2D eigenvalue weighted by atomic mass is 10.1. The topological polar surface area (TPSA) is 76.2 Å². The van der Waals surface area contributed by atoms with Gasteiger partial charge in [0.15, 0.2) is 0 Å². The molecule has 1 atom stereocenters. The third-order valence-electron chi connectivity index (χ3n) is 4.15. The highest BCUT2D eigenvalue weighted by Gasteiger charge is 2.16. The Balaban J connectivity index is 1.75. The number of aryl methyl sites for hydroxylation is 1. The second-order valence-corrected chi connectivity index (χ2v) is 6.16. The van der Waals surface area contributed by atoms with Crippen molar-refractivity contribution in [3.8, 4) is 0 Å². The predicted molar refractivity (Wildman–Crippen MR) is 84.0 cm³/mol. The molecule has 1 amide bonds. The fourth-order valence-corrected chi connectivity index (χ4v) is 2.82. The fourth-order valence-electron chi connectivity index (χ4n) is 2.82. The number of aromatic nitrogens is 2. The summed E-state index contributed by atoms with van der Waals surface area (Å²) in [4.78, 5) is 14.5. The van der Waals surface area contributed by atoms with Gasteiger partial charge in [0, 0.05) is 13.1 Å². The van der Waals surface area contributed by atoms with Crippen LogP contribution in [0, 0.1) is 19.8 Å². The maximum absolute atomic E-state index is 12.0. The summed E-state index contributed by atoms with van der Waals surface area (Å²) in [6.07, 6.45) is 2.61. The third-order valence-corrected chi connectivity index (χ3v) is 4.15. The van der Waals surface area contributed by atoms with Gasteiger partial charge < -0.3 is 16.0 Å². The molecule has 1 unspecified atom stereocenters. The summed E-state index contributed by atoms with van der Waals surface area (Å²) in [5.41, 5.74) is 8.18. The molecule has 0 bridgehead atoms. The Labute approximate surface area is 126 Å². The number of nitrogen functional groups attached to an aromatic ring is 1. The van der Waals surface area contributed by atoms with Crippen LogP contribution < -0.4 is 11.1 Å². The van der Waals surface area contributed by atoms with Gasteiger partial charge in [-0.2, -0.15) is 5.10 Å². The van der Waals surface area contributed by atoms with Gasteiger partial charge in [-0.05, 0) is 45.7 Å². The van der Waals surface area contributed by atoms with Crippen LogP contribution in [0.2, 0.25) is 0 Å². The zero-order chi connectivity index (χ0) is 15.4. The zero-order valence-corrected chi connectivity index (χ0v) is 13.4. The molecule has 1 aliphatic heterocycles. The van der Waals surface area contributed by atoms with Crippen molar-refractivity contribution in [2.75, 3.05) is 31.9 Å². The normalized spacial score (nSPS) is 17.1. The van der Waals surface area contributed by atoms with Crippen molar-refractivity contribution < 1.29 is 4.79 Å². The average Bonchev–Trinajstić information content (AvgIpc) is 3.02. The van der Waals surface area contributed by atoms with E-state index in [1.54, 1.807) is 4.68 Å². The van der Waals surface area contributed by atoms with E-state index in [4.69, 9.17) is 5.73 Å². The summed E-state index contributed by atoms with van der Waals surface area (Å²) in [5, 5.41) is 7.28. The summed E-state index contributed by atoms with van der Waals surface area (Å²) < 4.78 is 1.67. The van der Waals surface area contributed by atoms with Crippen LogP contribution in [-0.2, 0) is 11.3 Å². The summed E-state index contributed by atoms with van der Waals surface area (Å²) in [7, 11) is 0. The number of amides is 1. The smallest absolute Gasteiger partial charge is 0.241 e. The van der Waals surface area contributed by atoms with E-state index in [9.17, 15) is 4.79 Å². The summed E-state index contributed by atoms with van der Waals surface area (Å²) in [6.45, 7) is 10.3. The Morgan fingerprint density at radius 3 is 2.62 bits per heavy atom. The van der Waals surface area contributed by atoms with Crippen LogP contribution in [-0.4, -0.2) is 46.8 Å². The van der Waals surface area contributed by atoms with Gasteiger partial charge >= 0.3 is 0 Å². The second kappa shape index (κ2) is 6.93. The van der Waals surface area contributed by atoms with E-state index in [-0.39, 0.29) is 12.5 Å². The SMILES string of the molecule is Cc1nn(CC(=O)NCC(C)CN2CCCC2)c(C)c1N. The van der Waals surface area contributed by atoms with Gasteiger partial charge in [-0.1, -0.05) is 6.92 Å². The second-order valence-electron chi connectivity index (χ2n) is 6.16. The zero-order valence-electron chi connectivity index (χ0n) is 13.4. The maximum Gasteiger partial charge on any atom is 0.241 e. The van der Waals surface area contributed by atoms with Gasteiger partial charge in [-0.15, -0.1) is 0 Å². The van der Waals surface area contributed by atoms with Crippen molar-refractivity contribution in [1.29, 1.82) is 0 Å². The first-order chi connectivity index (χ1) is 9.97. The Hall–Kier alpha value is -1.56. The van der Waals surface area contributed by atoms with Gasteiger partial charge in [-0.25, -0.2) is 0 Å². The fraction of sp³-hybridized carbons (Fsp3) is 0.733. The van der Waals surface area contributed by atoms with Crippen molar-refractivity contribution in [3.63, 3.8) is 0 Å². The predicted octanol–water partition coefficient (Wildman–Crippen LogP) is 0.930. The van der Waals surface area contributed by atoms with Crippen LogP contribution in [0.5, 0.6) is 0 Å². The number of hydrogen-bond donors (Lipinski definition) is 2. The molecule has 21 heavy (non-hydrogen) atoms. The van der Waals surface area contributed by atoms with Crippen molar-refractivity contribution in [1.82, 2.24) is 20.0 Å². The molecule has 1 aliphatic rings. The van der Waals surface area contributed by atoms with Gasteiger partial charge in [0.1, 0.15) is 6.54 Å². The molecular weight excluding hydrogens is 266 g/mol. The number of rotatable bonds is 6. The molecular formula is C15H27N5O. The van der Waals surface area contributed by atoms with Crippen LogP contribution in [0.15, 0.2) is 0 Å². The summed E-state index contributed by atoms with van der Waals surface area (Å²) >= 11 is 0. The highest BCUT2D eigenvalue weighted by atomic mass is 16.2. The number of anilines is 1. The first-order valence-corrected chi connectivity index (χ1v) is 7.76. The number of nitrogens with two attached hydrogens (primary N) is 1. The summed E-state index contributed by atoms with van der Waals surface area (Å²) in [6, 6.07) is 0. The number of nitrogens with one attached hydrogen (secondary N) is 1. The molecule has 0 aliphatic carbocycles. The van der Waals surface area contributed by atoms with Gasteiger partial charge in [0.25, 0.3) is 0 Å². The van der Waals surface area contributed by atoms with Gasteiger partial charge in [-0.3, -0.25) is 9.48 Å². The quantitative estimate of drug-likeness (QED) is 0.818. The molecule has 0 aromatic carbocycles. The van der Waals surface area contributed by atoms with Crippen LogP contribution in [0.4, 0.5) is 5.69 Å². The first-order valence-electron chi connectivity index (χ1n) is 7.76. The van der Waals surface area contributed by atoms with E-state index in [0.717, 1.165) is 17.9 Å². The molecule has 3 N–H and O–H groups in total. The van der Waals surface area contributed by atoms with E-state index in [1.807, 2.05) is 13.8 Å². The average molecular weight is 293 g/mol. The van der Waals surface area contributed by atoms with E-state index in [2.05, 4.69) is 22.2 Å². The lowest BCUT2D eigenvalue weighted by molar-refractivity contribution is -0.122. The molecule has 6 heteroatoms. The Morgan fingerprint density at radius 1 is 1.38 bits per heavy atom. The minimum absolute atomic E-state index is 0.00567. The van der Waals surface area contributed by atoms with Crippen molar-refractivity contribution >= 4 is 11.6 Å². The van der Waals surface area contributed by atoms with Crippen LogP contribution in [0.1, 0.15) is 31.2 Å². The largest absolute Gasteiger partial charge is 0.396 e. The van der Waals surface area contributed by atoms with E-state index in [1.165, 1.54) is 25.9 Å². The van der Waals surface area contributed by atoms with Crippen molar-refractivity contribution in [2.24, 2.45) is 5.92 Å². The monoisotopic (exact) mass is 293 g/mol. The number of likely N-dealkylation sites (tertiary alicyclic amines) is 1. The molecule has 0 radical (unpaired) electrons. The van der Waals surface area contributed by atoms with Gasteiger partial charge in [0.2, 0.25) is 5.91 Å². The molecule has 0 saturated carbocycles. The standard InChI is InChI=1S/C15H27N5O/c1-11(9-19-6-4-5-7-19)8-17-14(21)10-20-13(3)15(16)12(2)18-20/h11H,4-10,16H2,1-3H3,(H,17,21). The summed E-state index contributed by atoms with van der Waals surface area (Å²) in [5.74, 6) is 0.464. The van der Waals surface area contributed by atoms with Crippen LogP contribution in [0.3, 0.4) is 0 Å². The number of hydrogen-bond acceptors (Lipinski definition) is 4. The molecule has 1 saturated heterocycles. The number of carbonyl (C=O) groups is 1. The maximum atomic E-state index is 12.0. The molecule has 1 aromatic rings. The minimum Gasteiger partial charge on any atom is -0.396 e. The number of carbonyl (C=O) groups excluding carboxylic acids is 1. The van der Waals surface area contributed by atoms with E-state index >= 15 is 0 Å². The first kappa shape index (κ1) is 15.8. The molecule has 2 heterocycles. The van der Waals surface area contributed by atoms with Crippen LogP contribution >= 0.6 is 0 Å². The number of nitrogens with zero attached hydrogens (tertiary/aromatic N) is 3. The highest BCUT2D eigenvalue weighted by molar-refractivity contribution is 5.75. The molecule has 2 rings (SSSR count). The van der Waals surface area contributed by atoms with Gasteiger partial charge in [0.05, 0.1) is 17.1 Å². The molecule has 6 nitrogen and oxygen atoms in total. The Bertz CT molecular complexity index is 490. The van der Waals surface area contributed by atoms with Crippen molar-refractivity contribution in [2.45, 2.75) is 40.2 Å². The Morgan fingerprint density at radius 2 is 2.05 bits per heavy atom. The van der Waals surface area contributed by atoms with E-state index < -0.39 is 0 Å². The van der Waals surface area contributed by atoms with Crippen molar-refractivity contribution in [3.05, 3.63) is 11.4 Å². The Kier molecular flexibility index (Phi) is 5.22. The van der Waals surface area contributed by atoms with Crippen LogP contribution in [0.25, 0.3) is 0 Å². The minimum atomic E-state index is -0.00567. The molecule has 0 spiro atoms. The molecule has 1 fully saturated rings.